The number of methoxy groups -OCH3 is 1. The Labute approximate surface area is 119 Å². The van der Waals surface area contributed by atoms with Crippen LogP contribution in [0.5, 0.6) is 0 Å². The highest BCUT2D eigenvalue weighted by molar-refractivity contribution is 7.89. The molecule has 1 aromatic rings. The van der Waals surface area contributed by atoms with Gasteiger partial charge in [-0.05, 0) is 18.1 Å². The van der Waals surface area contributed by atoms with Crippen molar-refractivity contribution in [3.63, 3.8) is 0 Å². The molecule has 0 aliphatic carbocycles. The molecule has 1 aliphatic rings. The van der Waals surface area contributed by atoms with Crippen LogP contribution in [0.25, 0.3) is 0 Å². The number of nitrogens with zero attached hydrogens (tertiary/aromatic N) is 2. The number of hydrogen-bond acceptors (Lipinski definition) is 4. The highest BCUT2D eigenvalue weighted by Crippen LogP contribution is 2.22. The van der Waals surface area contributed by atoms with Crippen LogP contribution >= 0.6 is 0 Å². The van der Waals surface area contributed by atoms with Crippen molar-refractivity contribution in [2.45, 2.75) is 17.9 Å². The van der Waals surface area contributed by atoms with E-state index in [4.69, 9.17) is 10.5 Å². The van der Waals surface area contributed by atoms with Crippen LogP contribution in [0.3, 0.4) is 0 Å². The maximum atomic E-state index is 12.5. The summed E-state index contributed by atoms with van der Waals surface area (Å²) in [6, 6.07) is 1.64. The van der Waals surface area contributed by atoms with Crippen LogP contribution in [0.2, 0.25) is 0 Å². The lowest BCUT2D eigenvalue weighted by Crippen LogP contribution is -2.35. The summed E-state index contributed by atoms with van der Waals surface area (Å²) in [4.78, 5) is 0.309. The van der Waals surface area contributed by atoms with E-state index in [1.54, 1.807) is 31.0 Å². The van der Waals surface area contributed by atoms with Crippen LogP contribution in [0.15, 0.2) is 28.8 Å². The van der Waals surface area contributed by atoms with E-state index in [0.29, 0.717) is 37.6 Å². The summed E-state index contributed by atoms with van der Waals surface area (Å²) in [6.45, 7) is 1.78. The standard InChI is InChI=1S/C13H21N3O3S/c1-15-9-13(7-12(15)8-14)20(17,18)16-5-3-11(4-6-16)10-19-2/h3,7,9H,4-6,8,10,14H2,1-2H3. The van der Waals surface area contributed by atoms with Gasteiger partial charge in [0.05, 0.1) is 6.61 Å². The second-order valence-corrected chi connectivity index (χ2v) is 6.83. The zero-order valence-corrected chi connectivity index (χ0v) is 12.7. The molecule has 0 saturated heterocycles. The third-order valence-corrected chi connectivity index (χ3v) is 5.36. The Bertz CT molecular complexity index is 604. The molecule has 2 rings (SSSR count). The van der Waals surface area contributed by atoms with Gasteiger partial charge < -0.3 is 15.0 Å². The van der Waals surface area contributed by atoms with Gasteiger partial charge in [-0.15, -0.1) is 0 Å². The van der Waals surface area contributed by atoms with Crippen LogP contribution in [0.1, 0.15) is 12.1 Å². The van der Waals surface area contributed by atoms with Crippen molar-refractivity contribution in [3.05, 3.63) is 29.6 Å². The molecular formula is C13H21N3O3S. The SMILES string of the molecule is COCC1=CCN(S(=O)(=O)c2cc(CN)n(C)c2)CC1. The van der Waals surface area contributed by atoms with E-state index in [0.717, 1.165) is 11.3 Å². The molecule has 7 heteroatoms. The summed E-state index contributed by atoms with van der Waals surface area (Å²) < 4.78 is 33.4. The number of aryl methyl sites for hydroxylation is 1. The van der Waals surface area contributed by atoms with E-state index >= 15 is 0 Å². The van der Waals surface area contributed by atoms with Crippen LogP contribution in [0, 0.1) is 0 Å². The first-order valence-corrected chi connectivity index (χ1v) is 7.95. The van der Waals surface area contributed by atoms with Crippen molar-refractivity contribution in [1.82, 2.24) is 8.87 Å². The molecule has 112 valence electrons. The predicted molar refractivity (Wildman–Crippen MR) is 76.6 cm³/mol. The summed E-state index contributed by atoms with van der Waals surface area (Å²) in [5.41, 5.74) is 7.53. The fourth-order valence-corrected chi connectivity index (χ4v) is 3.77. The molecule has 0 fully saturated rings. The van der Waals surface area contributed by atoms with Gasteiger partial charge in [-0.2, -0.15) is 4.31 Å². The molecule has 20 heavy (non-hydrogen) atoms. The highest BCUT2D eigenvalue weighted by atomic mass is 32.2. The first-order valence-electron chi connectivity index (χ1n) is 6.51. The van der Waals surface area contributed by atoms with E-state index in [1.165, 1.54) is 4.31 Å². The molecule has 0 unspecified atom stereocenters. The Morgan fingerprint density at radius 2 is 2.20 bits per heavy atom. The summed E-state index contributed by atoms with van der Waals surface area (Å²) >= 11 is 0. The van der Waals surface area contributed by atoms with Gasteiger partial charge in [0.2, 0.25) is 10.0 Å². The number of ether oxygens (including phenoxy) is 1. The van der Waals surface area contributed by atoms with Gasteiger partial charge >= 0.3 is 0 Å². The Morgan fingerprint density at radius 3 is 2.70 bits per heavy atom. The molecule has 0 radical (unpaired) electrons. The molecule has 2 N–H and O–H groups in total. The quantitative estimate of drug-likeness (QED) is 0.801. The zero-order chi connectivity index (χ0) is 14.8. The van der Waals surface area contributed by atoms with Crippen molar-refractivity contribution in [2.24, 2.45) is 12.8 Å². The van der Waals surface area contributed by atoms with E-state index in [1.807, 2.05) is 6.08 Å². The normalized spacial score (nSPS) is 17.2. The summed E-state index contributed by atoms with van der Waals surface area (Å²) in [5, 5.41) is 0. The minimum atomic E-state index is -3.44. The minimum Gasteiger partial charge on any atom is -0.380 e. The van der Waals surface area contributed by atoms with Crippen molar-refractivity contribution in [2.75, 3.05) is 26.8 Å². The lowest BCUT2D eigenvalue weighted by atomic mass is 10.1. The van der Waals surface area contributed by atoms with Crippen molar-refractivity contribution in [3.8, 4) is 0 Å². The first kappa shape index (κ1) is 15.2. The number of aromatic nitrogens is 1. The molecule has 0 spiro atoms. The summed E-state index contributed by atoms with van der Waals surface area (Å²) in [6.07, 6.45) is 4.26. The van der Waals surface area contributed by atoms with E-state index in [-0.39, 0.29) is 0 Å². The van der Waals surface area contributed by atoms with Gasteiger partial charge in [-0.25, -0.2) is 8.42 Å². The van der Waals surface area contributed by atoms with Gasteiger partial charge in [-0.3, -0.25) is 0 Å². The van der Waals surface area contributed by atoms with Gasteiger partial charge in [0.15, 0.2) is 0 Å². The number of hydrogen-bond donors (Lipinski definition) is 1. The Kier molecular flexibility index (Phi) is 4.64. The number of nitrogens with two attached hydrogens (primary N) is 1. The van der Waals surface area contributed by atoms with Gasteiger partial charge in [-0.1, -0.05) is 6.08 Å². The number of rotatable bonds is 5. The monoisotopic (exact) mass is 299 g/mol. The Balaban J connectivity index is 2.19. The molecule has 0 saturated carbocycles. The molecule has 1 aromatic heterocycles. The number of sulfonamides is 1. The van der Waals surface area contributed by atoms with Crippen molar-refractivity contribution in [1.29, 1.82) is 0 Å². The van der Waals surface area contributed by atoms with Crippen LogP contribution in [0.4, 0.5) is 0 Å². The van der Waals surface area contributed by atoms with E-state index in [2.05, 4.69) is 0 Å². The van der Waals surface area contributed by atoms with Gasteiger partial charge in [0, 0.05) is 45.7 Å². The molecule has 0 bridgehead atoms. The Hall–Kier alpha value is -1.15. The largest absolute Gasteiger partial charge is 0.380 e. The van der Waals surface area contributed by atoms with Crippen molar-refractivity contribution >= 4 is 10.0 Å². The topological polar surface area (TPSA) is 77.6 Å². The molecule has 0 amide bonds. The molecule has 0 atom stereocenters. The minimum absolute atomic E-state index is 0.309. The van der Waals surface area contributed by atoms with Gasteiger partial charge in [0.1, 0.15) is 4.90 Å². The third-order valence-electron chi connectivity index (χ3n) is 3.53. The average Bonchev–Trinajstić information content (AvgIpc) is 2.82. The van der Waals surface area contributed by atoms with E-state index < -0.39 is 10.0 Å². The zero-order valence-electron chi connectivity index (χ0n) is 11.9. The maximum Gasteiger partial charge on any atom is 0.244 e. The van der Waals surface area contributed by atoms with Crippen LogP contribution in [-0.2, 0) is 28.4 Å². The fraction of sp³-hybridized carbons (Fsp3) is 0.538. The lowest BCUT2D eigenvalue weighted by molar-refractivity contribution is 0.219. The van der Waals surface area contributed by atoms with Crippen LogP contribution < -0.4 is 5.73 Å². The first-order chi connectivity index (χ1) is 9.48. The summed E-state index contributed by atoms with van der Waals surface area (Å²) in [7, 11) is 0.000140. The Morgan fingerprint density at radius 1 is 1.45 bits per heavy atom. The van der Waals surface area contributed by atoms with Crippen LogP contribution in [-0.4, -0.2) is 44.1 Å². The molecule has 0 aromatic carbocycles. The second kappa shape index (κ2) is 6.09. The third kappa shape index (κ3) is 2.95. The maximum absolute atomic E-state index is 12.5. The van der Waals surface area contributed by atoms with E-state index in [9.17, 15) is 8.42 Å². The fourth-order valence-electron chi connectivity index (χ4n) is 2.30. The van der Waals surface area contributed by atoms with Crippen molar-refractivity contribution < 1.29 is 13.2 Å². The summed E-state index contributed by atoms with van der Waals surface area (Å²) in [5.74, 6) is 0. The molecular weight excluding hydrogens is 278 g/mol. The highest BCUT2D eigenvalue weighted by Gasteiger charge is 2.27. The molecule has 2 heterocycles. The second-order valence-electron chi connectivity index (χ2n) is 4.89. The molecule has 1 aliphatic heterocycles. The predicted octanol–water partition coefficient (Wildman–Crippen LogP) is 0.451. The lowest BCUT2D eigenvalue weighted by Gasteiger charge is -2.25. The average molecular weight is 299 g/mol. The smallest absolute Gasteiger partial charge is 0.244 e. The molecule has 6 nitrogen and oxygen atoms in total. The van der Waals surface area contributed by atoms with Gasteiger partial charge in [0.25, 0.3) is 0 Å².